The molecule has 0 atom stereocenters. The van der Waals surface area contributed by atoms with E-state index in [1.54, 1.807) is 18.5 Å². The molecular formula is C20H16F3N5O3S. The number of methoxy groups -OCH3 is 1. The minimum Gasteiger partial charge on any atom is -0.480 e. The first kappa shape index (κ1) is 21.6. The van der Waals surface area contributed by atoms with Crippen LogP contribution in [0, 0.1) is 17.5 Å². The Morgan fingerprint density at radius 2 is 1.88 bits per heavy atom. The van der Waals surface area contributed by atoms with E-state index in [1.807, 2.05) is 4.72 Å². The van der Waals surface area contributed by atoms with E-state index in [-0.39, 0.29) is 24.3 Å². The number of aromatic nitrogens is 4. The van der Waals surface area contributed by atoms with E-state index in [4.69, 9.17) is 4.74 Å². The van der Waals surface area contributed by atoms with Crippen LogP contribution in [0.25, 0.3) is 11.0 Å². The minimum absolute atomic E-state index is 0.0525. The van der Waals surface area contributed by atoms with Crippen molar-refractivity contribution in [2.45, 2.75) is 17.7 Å². The minimum atomic E-state index is -4.48. The van der Waals surface area contributed by atoms with E-state index < -0.39 is 38.1 Å². The predicted molar refractivity (Wildman–Crippen MR) is 109 cm³/mol. The maximum atomic E-state index is 15.0. The number of nitrogens with zero attached hydrogens (tertiary/aromatic N) is 3. The van der Waals surface area contributed by atoms with E-state index in [0.717, 1.165) is 36.4 Å². The number of rotatable bonds is 7. The monoisotopic (exact) mass is 463 g/mol. The van der Waals surface area contributed by atoms with Gasteiger partial charge < -0.3 is 4.74 Å². The number of ether oxygens (including phenoxy) is 1. The van der Waals surface area contributed by atoms with E-state index in [0.29, 0.717) is 11.7 Å². The Morgan fingerprint density at radius 1 is 1.06 bits per heavy atom. The molecule has 3 aromatic heterocycles. The molecule has 32 heavy (non-hydrogen) atoms. The highest BCUT2D eigenvalue weighted by atomic mass is 32.2. The first-order valence-corrected chi connectivity index (χ1v) is 10.7. The fraction of sp³-hybridized carbons (Fsp3) is 0.150. The molecule has 0 saturated heterocycles. The van der Waals surface area contributed by atoms with Crippen LogP contribution in [0.1, 0.15) is 11.1 Å². The summed E-state index contributed by atoms with van der Waals surface area (Å²) in [5.41, 5.74) is 0.516. The van der Waals surface area contributed by atoms with Crippen LogP contribution in [0.4, 0.5) is 18.9 Å². The zero-order valence-corrected chi connectivity index (χ0v) is 17.4. The number of sulfonamides is 1. The summed E-state index contributed by atoms with van der Waals surface area (Å²) >= 11 is 0. The lowest BCUT2D eigenvalue weighted by Crippen LogP contribution is -2.17. The van der Waals surface area contributed by atoms with Crippen molar-refractivity contribution < 1.29 is 26.3 Å². The highest BCUT2D eigenvalue weighted by Crippen LogP contribution is 2.28. The van der Waals surface area contributed by atoms with Crippen molar-refractivity contribution in [1.82, 2.24) is 20.2 Å². The average molecular weight is 463 g/mol. The third kappa shape index (κ3) is 4.21. The van der Waals surface area contributed by atoms with Gasteiger partial charge in [-0.05, 0) is 36.6 Å². The number of aromatic amines is 1. The van der Waals surface area contributed by atoms with Crippen molar-refractivity contribution in [3.8, 4) is 5.88 Å². The summed E-state index contributed by atoms with van der Waals surface area (Å²) in [5.74, 6) is -3.19. The number of benzene rings is 1. The molecule has 0 aliphatic carbocycles. The standard InChI is InChI=1S/C20H16F3N5O3S/c1-31-20-17(7-13(21)10-25-20)32(29,30)28-16-5-4-15(22)14(18(16)23)3-2-11-6-12-9-26-27-19(12)24-8-11/h4-10,28H,2-3H2,1H3,(H,24,26,27). The summed E-state index contributed by atoms with van der Waals surface area (Å²) < 4.78 is 75.1. The van der Waals surface area contributed by atoms with E-state index >= 15 is 4.39 Å². The van der Waals surface area contributed by atoms with Gasteiger partial charge in [0, 0.05) is 23.2 Å². The number of fused-ring (bicyclic) bond motifs is 1. The number of halogens is 3. The SMILES string of the molecule is COc1ncc(F)cc1S(=O)(=O)Nc1ccc(F)c(CCc2cnc3[nH]ncc3c2)c1F. The lowest BCUT2D eigenvalue weighted by atomic mass is 10.0. The summed E-state index contributed by atoms with van der Waals surface area (Å²) in [7, 11) is -3.32. The Hall–Kier alpha value is -3.67. The Balaban J connectivity index is 1.61. The number of hydrogen-bond acceptors (Lipinski definition) is 6. The van der Waals surface area contributed by atoms with Crippen molar-refractivity contribution in [2.75, 3.05) is 11.8 Å². The second-order valence-electron chi connectivity index (χ2n) is 6.81. The van der Waals surface area contributed by atoms with Gasteiger partial charge in [0.15, 0.2) is 16.4 Å². The molecule has 0 bridgehead atoms. The molecule has 0 fully saturated rings. The highest BCUT2D eigenvalue weighted by Gasteiger charge is 2.24. The zero-order chi connectivity index (χ0) is 22.9. The van der Waals surface area contributed by atoms with Gasteiger partial charge in [0.05, 0.1) is 25.2 Å². The molecule has 4 aromatic rings. The number of anilines is 1. The molecule has 2 N–H and O–H groups in total. The van der Waals surface area contributed by atoms with E-state index in [1.165, 1.54) is 0 Å². The van der Waals surface area contributed by atoms with Crippen LogP contribution in [0.15, 0.2) is 47.8 Å². The fourth-order valence-corrected chi connectivity index (χ4v) is 4.34. The number of pyridine rings is 2. The van der Waals surface area contributed by atoms with Gasteiger partial charge in [-0.3, -0.25) is 9.82 Å². The maximum Gasteiger partial charge on any atom is 0.267 e. The molecule has 1 aromatic carbocycles. The van der Waals surface area contributed by atoms with Crippen LogP contribution in [0.3, 0.4) is 0 Å². The van der Waals surface area contributed by atoms with Gasteiger partial charge in [-0.15, -0.1) is 0 Å². The van der Waals surface area contributed by atoms with Crippen molar-refractivity contribution in [2.24, 2.45) is 0 Å². The van der Waals surface area contributed by atoms with Crippen LogP contribution in [-0.2, 0) is 22.9 Å². The Labute approximate surface area is 180 Å². The number of nitrogens with one attached hydrogen (secondary N) is 2. The van der Waals surface area contributed by atoms with Crippen LogP contribution in [0.2, 0.25) is 0 Å². The lowest BCUT2D eigenvalue weighted by molar-refractivity contribution is 0.382. The summed E-state index contributed by atoms with van der Waals surface area (Å²) in [5, 5.41) is 7.33. The van der Waals surface area contributed by atoms with Gasteiger partial charge in [0.2, 0.25) is 5.88 Å². The molecule has 0 aliphatic heterocycles. The van der Waals surface area contributed by atoms with Crippen LogP contribution in [0.5, 0.6) is 5.88 Å². The first-order valence-electron chi connectivity index (χ1n) is 9.25. The topological polar surface area (TPSA) is 110 Å². The normalized spacial score (nSPS) is 11.6. The first-order chi connectivity index (χ1) is 15.3. The molecule has 8 nitrogen and oxygen atoms in total. The third-order valence-electron chi connectivity index (χ3n) is 4.71. The summed E-state index contributed by atoms with van der Waals surface area (Å²) in [4.78, 5) is 7.11. The summed E-state index contributed by atoms with van der Waals surface area (Å²) in [6.07, 6.45) is 4.12. The van der Waals surface area contributed by atoms with Crippen LogP contribution >= 0.6 is 0 Å². The van der Waals surface area contributed by atoms with Gasteiger partial charge in [0.25, 0.3) is 10.0 Å². The molecule has 3 heterocycles. The Bertz CT molecular complexity index is 1410. The maximum absolute atomic E-state index is 15.0. The molecule has 4 rings (SSSR count). The largest absolute Gasteiger partial charge is 0.480 e. The van der Waals surface area contributed by atoms with Gasteiger partial charge in [-0.25, -0.2) is 31.6 Å². The van der Waals surface area contributed by atoms with Crippen molar-refractivity contribution in [1.29, 1.82) is 0 Å². The molecule has 0 unspecified atom stereocenters. The third-order valence-corrected chi connectivity index (χ3v) is 6.07. The van der Waals surface area contributed by atoms with Crippen molar-refractivity contribution >= 4 is 26.7 Å². The summed E-state index contributed by atoms with van der Waals surface area (Å²) in [6, 6.07) is 4.38. The van der Waals surface area contributed by atoms with Crippen LogP contribution < -0.4 is 9.46 Å². The van der Waals surface area contributed by atoms with Gasteiger partial charge in [-0.1, -0.05) is 0 Å². The lowest BCUT2D eigenvalue weighted by Gasteiger charge is -2.14. The van der Waals surface area contributed by atoms with Gasteiger partial charge in [0.1, 0.15) is 11.6 Å². The zero-order valence-electron chi connectivity index (χ0n) is 16.6. The number of hydrogen-bond donors (Lipinski definition) is 2. The van der Waals surface area contributed by atoms with Crippen molar-refractivity contribution in [3.63, 3.8) is 0 Å². The average Bonchev–Trinajstić information content (AvgIpc) is 3.23. The fourth-order valence-electron chi connectivity index (χ4n) is 3.15. The van der Waals surface area contributed by atoms with Gasteiger partial charge >= 0.3 is 0 Å². The molecular weight excluding hydrogens is 447 g/mol. The highest BCUT2D eigenvalue weighted by molar-refractivity contribution is 7.92. The molecule has 0 radical (unpaired) electrons. The molecule has 0 spiro atoms. The van der Waals surface area contributed by atoms with E-state index in [2.05, 4.69) is 20.2 Å². The number of aryl methyl sites for hydroxylation is 1. The Morgan fingerprint density at radius 3 is 2.66 bits per heavy atom. The molecule has 0 saturated carbocycles. The predicted octanol–water partition coefficient (Wildman–Crippen LogP) is 3.36. The molecule has 0 aliphatic rings. The Kier molecular flexibility index (Phi) is 5.70. The second kappa shape index (κ2) is 8.46. The summed E-state index contributed by atoms with van der Waals surface area (Å²) in [6.45, 7) is 0. The van der Waals surface area contributed by atoms with Crippen molar-refractivity contribution in [3.05, 3.63) is 71.4 Å². The molecule has 166 valence electrons. The number of H-pyrrole nitrogens is 1. The van der Waals surface area contributed by atoms with E-state index in [9.17, 15) is 17.2 Å². The quantitative estimate of drug-likeness (QED) is 0.435. The smallest absolute Gasteiger partial charge is 0.267 e. The van der Waals surface area contributed by atoms with Crippen LogP contribution in [-0.4, -0.2) is 35.7 Å². The molecule has 0 amide bonds. The van der Waals surface area contributed by atoms with Gasteiger partial charge in [-0.2, -0.15) is 5.10 Å². The second-order valence-corrected chi connectivity index (χ2v) is 8.46. The molecule has 12 heteroatoms.